The van der Waals surface area contributed by atoms with Gasteiger partial charge in [-0.3, -0.25) is 0 Å². The van der Waals surface area contributed by atoms with Gasteiger partial charge in [-0.15, -0.1) is 0 Å². The first-order valence-electron chi connectivity index (χ1n) is 6.32. The van der Waals surface area contributed by atoms with Gasteiger partial charge in [-0.05, 0) is 49.8 Å². The molecule has 2 rings (SSSR count). The summed E-state index contributed by atoms with van der Waals surface area (Å²) in [5.74, 6) is 0.695. The van der Waals surface area contributed by atoms with Crippen LogP contribution in [0.2, 0.25) is 0 Å². The molecule has 2 atom stereocenters. The summed E-state index contributed by atoms with van der Waals surface area (Å²) in [7, 11) is 0. The van der Waals surface area contributed by atoms with Gasteiger partial charge in [0.1, 0.15) is 0 Å². The Hall–Kier alpha value is -0.380. The van der Waals surface area contributed by atoms with Gasteiger partial charge in [-0.25, -0.2) is 0 Å². The number of halogens is 1. The van der Waals surface area contributed by atoms with E-state index in [0.717, 1.165) is 17.5 Å². The lowest BCUT2D eigenvalue weighted by Gasteiger charge is -2.23. The monoisotopic (exact) mass is 297 g/mol. The van der Waals surface area contributed by atoms with Crippen molar-refractivity contribution in [1.29, 1.82) is 0 Å². The van der Waals surface area contributed by atoms with E-state index in [4.69, 9.17) is 10.5 Å². The van der Waals surface area contributed by atoms with Crippen LogP contribution < -0.4 is 5.73 Å². The molecule has 0 aromatic heterocycles. The molecule has 1 aliphatic carbocycles. The van der Waals surface area contributed by atoms with Crippen molar-refractivity contribution in [1.82, 2.24) is 0 Å². The Bertz CT molecular complexity index is 348. The summed E-state index contributed by atoms with van der Waals surface area (Å²) in [6, 6.07) is 8.49. The molecule has 0 radical (unpaired) electrons. The quantitative estimate of drug-likeness (QED) is 0.875. The lowest BCUT2D eigenvalue weighted by atomic mass is 9.99. The largest absolute Gasteiger partial charge is 0.377 e. The highest BCUT2D eigenvalue weighted by Gasteiger charge is 2.35. The number of ether oxygens (including phenoxy) is 1. The maximum absolute atomic E-state index is 6.28. The van der Waals surface area contributed by atoms with E-state index >= 15 is 0 Å². The first kappa shape index (κ1) is 13.1. The van der Waals surface area contributed by atoms with E-state index in [-0.39, 0.29) is 12.1 Å². The number of nitrogens with two attached hydrogens (primary N) is 1. The van der Waals surface area contributed by atoms with E-state index in [1.165, 1.54) is 18.4 Å². The lowest BCUT2D eigenvalue weighted by molar-refractivity contribution is 0.0288. The third kappa shape index (κ3) is 3.80. The molecule has 0 saturated heterocycles. The normalized spacial score (nSPS) is 19.0. The lowest BCUT2D eigenvalue weighted by Crippen LogP contribution is -2.40. The Morgan fingerprint density at radius 1 is 1.35 bits per heavy atom. The smallest absolute Gasteiger partial charge is 0.0757 e. The maximum atomic E-state index is 6.28. The molecule has 0 amide bonds. The maximum Gasteiger partial charge on any atom is 0.0757 e. The van der Waals surface area contributed by atoms with Crippen LogP contribution in [0, 0.1) is 5.92 Å². The molecular weight excluding hydrogens is 278 g/mol. The molecule has 1 aromatic carbocycles. The molecule has 17 heavy (non-hydrogen) atoms. The van der Waals surface area contributed by atoms with Crippen LogP contribution >= 0.6 is 15.9 Å². The summed E-state index contributed by atoms with van der Waals surface area (Å²) in [4.78, 5) is 0. The van der Waals surface area contributed by atoms with E-state index in [1.807, 2.05) is 6.92 Å². The van der Waals surface area contributed by atoms with Crippen LogP contribution in [0.4, 0.5) is 0 Å². The topological polar surface area (TPSA) is 35.2 Å². The van der Waals surface area contributed by atoms with Crippen LogP contribution in [0.3, 0.4) is 0 Å². The second-order valence-corrected chi connectivity index (χ2v) is 5.67. The zero-order chi connectivity index (χ0) is 12.3. The van der Waals surface area contributed by atoms with Gasteiger partial charge in [0.2, 0.25) is 0 Å². The summed E-state index contributed by atoms with van der Waals surface area (Å²) in [6.07, 6.45) is 3.69. The van der Waals surface area contributed by atoms with E-state index < -0.39 is 0 Å². The number of hydrogen-bond acceptors (Lipinski definition) is 2. The second-order valence-electron chi connectivity index (χ2n) is 4.75. The molecule has 0 aliphatic heterocycles. The molecule has 2 unspecified atom stereocenters. The molecule has 2 nitrogen and oxygen atoms in total. The fraction of sp³-hybridized carbons (Fsp3) is 0.571. The zero-order valence-corrected chi connectivity index (χ0v) is 11.8. The Labute approximate surface area is 112 Å². The van der Waals surface area contributed by atoms with Crippen LogP contribution in [-0.4, -0.2) is 18.8 Å². The second kappa shape index (κ2) is 5.98. The van der Waals surface area contributed by atoms with Gasteiger partial charge >= 0.3 is 0 Å². The highest BCUT2D eigenvalue weighted by molar-refractivity contribution is 9.10. The van der Waals surface area contributed by atoms with Gasteiger partial charge < -0.3 is 10.5 Å². The minimum absolute atomic E-state index is 0.114. The first-order valence-corrected chi connectivity index (χ1v) is 7.11. The highest BCUT2D eigenvalue weighted by Crippen LogP contribution is 2.36. The standard InChI is InChI=1S/C14H20BrNO/c1-2-17-14(11-5-6-11)13(16)9-10-3-7-12(15)8-4-10/h3-4,7-8,11,13-14H,2,5-6,9,16H2,1H3. The summed E-state index contributed by atoms with van der Waals surface area (Å²) < 4.78 is 6.90. The van der Waals surface area contributed by atoms with Crippen LogP contribution in [0.25, 0.3) is 0 Å². The molecule has 1 saturated carbocycles. The van der Waals surface area contributed by atoms with Gasteiger partial charge in [0.05, 0.1) is 6.10 Å². The molecule has 1 aromatic rings. The van der Waals surface area contributed by atoms with Crippen LogP contribution in [-0.2, 0) is 11.2 Å². The number of hydrogen-bond donors (Lipinski definition) is 1. The number of benzene rings is 1. The summed E-state index contributed by atoms with van der Waals surface area (Å²) in [5.41, 5.74) is 7.56. The van der Waals surface area contributed by atoms with Crippen molar-refractivity contribution in [3.63, 3.8) is 0 Å². The Balaban J connectivity index is 1.94. The van der Waals surface area contributed by atoms with Crippen molar-refractivity contribution >= 4 is 15.9 Å². The van der Waals surface area contributed by atoms with Gasteiger partial charge in [0.15, 0.2) is 0 Å². The summed E-state index contributed by atoms with van der Waals surface area (Å²) >= 11 is 3.44. The first-order chi connectivity index (χ1) is 8.20. The zero-order valence-electron chi connectivity index (χ0n) is 10.2. The Morgan fingerprint density at radius 3 is 2.53 bits per heavy atom. The molecule has 0 bridgehead atoms. The minimum Gasteiger partial charge on any atom is -0.377 e. The van der Waals surface area contributed by atoms with Crippen molar-refractivity contribution in [3.05, 3.63) is 34.3 Å². The average molecular weight is 298 g/mol. The SMILES string of the molecule is CCOC(C(N)Cc1ccc(Br)cc1)C1CC1. The third-order valence-corrected chi connectivity index (χ3v) is 3.78. The van der Waals surface area contributed by atoms with Crippen molar-refractivity contribution in [2.75, 3.05) is 6.61 Å². The van der Waals surface area contributed by atoms with E-state index in [2.05, 4.69) is 40.2 Å². The van der Waals surface area contributed by atoms with Gasteiger partial charge in [-0.1, -0.05) is 28.1 Å². The molecule has 2 N–H and O–H groups in total. The van der Waals surface area contributed by atoms with E-state index in [1.54, 1.807) is 0 Å². The Kier molecular flexibility index (Phi) is 4.60. The highest BCUT2D eigenvalue weighted by atomic mass is 79.9. The average Bonchev–Trinajstić information content (AvgIpc) is 3.13. The molecule has 94 valence electrons. The van der Waals surface area contributed by atoms with Crippen molar-refractivity contribution < 1.29 is 4.74 Å². The molecular formula is C14H20BrNO. The summed E-state index contributed by atoms with van der Waals surface area (Å²) in [6.45, 7) is 2.80. The molecule has 1 fully saturated rings. The summed E-state index contributed by atoms with van der Waals surface area (Å²) in [5, 5.41) is 0. The molecule has 1 aliphatic rings. The van der Waals surface area contributed by atoms with Crippen molar-refractivity contribution in [2.24, 2.45) is 11.7 Å². The molecule has 3 heteroatoms. The Morgan fingerprint density at radius 2 is 2.00 bits per heavy atom. The van der Waals surface area contributed by atoms with Crippen LogP contribution in [0.15, 0.2) is 28.7 Å². The molecule has 0 spiro atoms. The van der Waals surface area contributed by atoms with Gasteiger partial charge in [-0.2, -0.15) is 0 Å². The third-order valence-electron chi connectivity index (χ3n) is 3.25. The van der Waals surface area contributed by atoms with Crippen molar-refractivity contribution in [3.8, 4) is 0 Å². The molecule has 0 heterocycles. The van der Waals surface area contributed by atoms with Crippen LogP contribution in [0.1, 0.15) is 25.3 Å². The minimum atomic E-state index is 0.114. The van der Waals surface area contributed by atoms with Crippen LogP contribution in [0.5, 0.6) is 0 Å². The van der Waals surface area contributed by atoms with E-state index in [0.29, 0.717) is 5.92 Å². The van der Waals surface area contributed by atoms with Gasteiger partial charge in [0.25, 0.3) is 0 Å². The fourth-order valence-corrected chi connectivity index (χ4v) is 2.50. The predicted octanol–water partition coefficient (Wildman–Crippen LogP) is 3.13. The van der Waals surface area contributed by atoms with Gasteiger partial charge in [0, 0.05) is 17.1 Å². The predicted molar refractivity (Wildman–Crippen MR) is 74.0 cm³/mol. The van der Waals surface area contributed by atoms with Crippen molar-refractivity contribution in [2.45, 2.75) is 38.3 Å². The van der Waals surface area contributed by atoms with E-state index in [9.17, 15) is 0 Å². The fourth-order valence-electron chi connectivity index (χ4n) is 2.24. The number of rotatable bonds is 6.